The lowest BCUT2D eigenvalue weighted by Gasteiger charge is -2.14. The summed E-state index contributed by atoms with van der Waals surface area (Å²) in [5, 5.41) is 7.02. The molecule has 0 aliphatic heterocycles. The minimum absolute atomic E-state index is 0.567. The first-order chi connectivity index (χ1) is 27.2. The molecule has 8 aromatic carbocycles. The molecule has 3 heterocycles. The zero-order chi connectivity index (χ0) is 36.6. The molecule has 0 bridgehead atoms. The van der Waals surface area contributed by atoms with Crippen molar-refractivity contribution < 1.29 is 0 Å². The summed E-state index contributed by atoms with van der Waals surface area (Å²) in [6, 6.07) is 61.3. The molecule has 5 nitrogen and oxygen atoms in total. The van der Waals surface area contributed by atoms with E-state index in [1.165, 1.54) is 21.5 Å². The van der Waals surface area contributed by atoms with Crippen LogP contribution in [-0.4, -0.2) is 13.7 Å². The summed E-state index contributed by atoms with van der Waals surface area (Å²) in [5.74, 6) is 0. The molecular formula is C50H29N5. The summed E-state index contributed by atoms with van der Waals surface area (Å²) in [7, 11) is 0. The minimum Gasteiger partial charge on any atom is -0.312 e. The van der Waals surface area contributed by atoms with Crippen LogP contribution in [-0.2, 0) is 0 Å². The van der Waals surface area contributed by atoms with E-state index in [2.05, 4.69) is 175 Å². The summed E-state index contributed by atoms with van der Waals surface area (Å²) < 4.78 is 6.84. The van der Waals surface area contributed by atoms with Crippen molar-refractivity contribution in [1.82, 2.24) is 13.7 Å². The van der Waals surface area contributed by atoms with E-state index in [4.69, 9.17) is 13.1 Å². The van der Waals surface area contributed by atoms with E-state index >= 15 is 0 Å². The summed E-state index contributed by atoms with van der Waals surface area (Å²) in [6.07, 6.45) is 0. The highest BCUT2D eigenvalue weighted by molar-refractivity contribution is 6.13. The second kappa shape index (κ2) is 11.8. The van der Waals surface area contributed by atoms with E-state index in [0.717, 1.165) is 72.1 Å². The van der Waals surface area contributed by atoms with Crippen LogP contribution in [0, 0.1) is 13.1 Å². The Morgan fingerprint density at radius 2 is 0.745 bits per heavy atom. The molecule has 0 spiro atoms. The molecule has 0 atom stereocenters. The zero-order valence-electron chi connectivity index (χ0n) is 29.5. The van der Waals surface area contributed by atoms with Crippen molar-refractivity contribution in [3.63, 3.8) is 0 Å². The second-order valence-electron chi connectivity index (χ2n) is 13.9. The molecule has 0 radical (unpaired) electrons. The smallest absolute Gasteiger partial charge is 0.196 e. The number of hydrogen-bond acceptors (Lipinski definition) is 0. The Morgan fingerprint density at radius 1 is 0.327 bits per heavy atom. The molecule has 11 rings (SSSR count). The predicted octanol–water partition coefficient (Wildman–Crippen LogP) is 13.7. The van der Waals surface area contributed by atoms with Crippen LogP contribution < -0.4 is 0 Å². The van der Waals surface area contributed by atoms with Gasteiger partial charge in [-0.1, -0.05) is 109 Å². The molecule has 0 aliphatic rings. The summed E-state index contributed by atoms with van der Waals surface area (Å²) in [5.41, 5.74) is 12.5. The van der Waals surface area contributed by atoms with Gasteiger partial charge in [-0.3, -0.25) is 0 Å². The molecular weight excluding hydrogens is 671 g/mol. The van der Waals surface area contributed by atoms with E-state index in [0.29, 0.717) is 11.4 Å². The average molecular weight is 700 g/mol. The highest BCUT2D eigenvalue weighted by Crippen LogP contribution is 2.41. The number of rotatable bonds is 4. The fraction of sp³-hybridized carbons (Fsp3) is 0. The lowest BCUT2D eigenvalue weighted by atomic mass is 10.0. The number of aromatic nitrogens is 3. The van der Waals surface area contributed by atoms with Gasteiger partial charge < -0.3 is 13.7 Å². The topological polar surface area (TPSA) is 23.5 Å². The number of benzene rings is 8. The van der Waals surface area contributed by atoms with Crippen LogP contribution in [0.3, 0.4) is 0 Å². The van der Waals surface area contributed by atoms with Crippen molar-refractivity contribution in [3.8, 4) is 28.2 Å². The predicted molar refractivity (Wildman–Crippen MR) is 227 cm³/mol. The monoisotopic (exact) mass is 699 g/mol. The summed E-state index contributed by atoms with van der Waals surface area (Å²) >= 11 is 0. The number of hydrogen-bond donors (Lipinski definition) is 0. The Balaban J connectivity index is 1.07. The third-order valence-corrected chi connectivity index (χ3v) is 11.1. The van der Waals surface area contributed by atoms with Gasteiger partial charge in [-0.15, -0.1) is 0 Å². The van der Waals surface area contributed by atoms with Crippen molar-refractivity contribution in [2.45, 2.75) is 0 Å². The number of nitrogens with zero attached hydrogens (tertiary/aromatic N) is 5. The van der Waals surface area contributed by atoms with Crippen molar-refractivity contribution >= 4 is 76.8 Å². The van der Waals surface area contributed by atoms with Gasteiger partial charge >= 0.3 is 0 Å². The van der Waals surface area contributed by atoms with Gasteiger partial charge in [-0.05, 0) is 77.9 Å². The van der Waals surface area contributed by atoms with Crippen molar-refractivity contribution in [3.05, 3.63) is 199 Å². The van der Waals surface area contributed by atoms with Gasteiger partial charge in [0.1, 0.15) is 0 Å². The van der Waals surface area contributed by atoms with Gasteiger partial charge in [-0.2, -0.15) is 0 Å². The van der Waals surface area contributed by atoms with Crippen LogP contribution in [0.5, 0.6) is 0 Å². The largest absolute Gasteiger partial charge is 0.312 e. The molecule has 5 heteroatoms. The van der Waals surface area contributed by atoms with Gasteiger partial charge in [0.25, 0.3) is 0 Å². The maximum absolute atomic E-state index is 8.33. The minimum atomic E-state index is 0.567. The van der Waals surface area contributed by atoms with Gasteiger partial charge in [0.05, 0.1) is 40.7 Å². The van der Waals surface area contributed by atoms with Crippen LogP contribution in [0.15, 0.2) is 176 Å². The maximum Gasteiger partial charge on any atom is 0.196 e. The Morgan fingerprint density at radius 3 is 1.29 bits per heavy atom. The van der Waals surface area contributed by atoms with Crippen molar-refractivity contribution in [2.24, 2.45) is 0 Å². The molecule has 0 aliphatic carbocycles. The van der Waals surface area contributed by atoms with E-state index in [1.807, 2.05) is 24.3 Å². The van der Waals surface area contributed by atoms with E-state index in [9.17, 15) is 0 Å². The Labute approximate surface area is 316 Å². The van der Waals surface area contributed by atoms with E-state index in [1.54, 1.807) is 0 Å². The van der Waals surface area contributed by atoms with Gasteiger partial charge in [0, 0.05) is 54.9 Å². The molecule has 0 saturated carbocycles. The second-order valence-corrected chi connectivity index (χ2v) is 13.9. The number of para-hydroxylation sites is 4. The van der Waals surface area contributed by atoms with Crippen LogP contribution in [0.2, 0.25) is 0 Å². The standard InChI is InChI=1S/C50H29N5/c1-51-33-21-26-42-43-28-25-36(54-47-17-9-5-13-40(47)41-14-6-10-18-48(41)54)31-50(43)55(49(42)29-33)35-24-27-37(44(30-35)52-2)32-19-22-34(23-20-32)53-45-15-7-3-11-38(45)39-12-4-8-16-46(39)53/h3-31H. The molecule has 0 saturated heterocycles. The Hall–Kier alpha value is -7.86. The van der Waals surface area contributed by atoms with Gasteiger partial charge in [0.15, 0.2) is 11.4 Å². The van der Waals surface area contributed by atoms with Crippen LogP contribution in [0.1, 0.15) is 0 Å². The normalized spacial score (nSPS) is 11.6. The van der Waals surface area contributed by atoms with Crippen LogP contribution >= 0.6 is 0 Å². The van der Waals surface area contributed by atoms with Crippen molar-refractivity contribution in [1.29, 1.82) is 0 Å². The molecule has 0 amide bonds. The van der Waals surface area contributed by atoms with Crippen molar-refractivity contribution in [2.75, 3.05) is 0 Å². The highest BCUT2D eigenvalue weighted by Gasteiger charge is 2.18. The Bertz CT molecular complexity index is 3350. The fourth-order valence-electron chi connectivity index (χ4n) is 8.67. The molecule has 0 unspecified atom stereocenters. The molecule has 254 valence electrons. The Kier molecular flexibility index (Phi) is 6.61. The van der Waals surface area contributed by atoms with Crippen LogP contribution in [0.25, 0.3) is 103 Å². The quantitative estimate of drug-likeness (QED) is 0.163. The first-order valence-electron chi connectivity index (χ1n) is 18.3. The highest BCUT2D eigenvalue weighted by atomic mass is 15.0. The number of fused-ring (bicyclic) bond motifs is 9. The first kappa shape index (κ1) is 30.7. The van der Waals surface area contributed by atoms with Gasteiger partial charge in [0.2, 0.25) is 0 Å². The molecule has 55 heavy (non-hydrogen) atoms. The summed E-state index contributed by atoms with van der Waals surface area (Å²) in [4.78, 5) is 7.85. The lowest BCUT2D eigenvalue weighted by molar-refractivity contribution is 1.16. The SMILES string of the molecule is [C-]#[N+]c1ccc2c3ccc(-n4c5ccccc5c5ccccc54)cc3n(-c3ccc(-c4ccc(-n5c6ccccc6c6ccccc65)cc4)c([N+]#[C-])c3)c2c1. The zero-order valence-corrected chi connectivity index (χ0v) is 29.5. The third-order valence-electron chi connectivity index (χ3n) is 11.1. The average Bonchev–Trinajstić information content (AvgIpc) is 3.88. The maximum atomic E-state index is 8.33. The molecule has 0 N–H and O–H groups in total. The molecule has 11 aromatic rings. The lowest BCUT2D eigenvalue weighted by Crippen LogP contribution is -1.97. The van der Waals surface area contributed by atoms with Gasteiger partial charge in [-0.25, -0.2) is 9.69 Å². The molecule has 0 fully saturated rings. The van der Waals surface area contributed by atoms with Crippen LogP contribution in [0.4, 0.5) is 11.4 Å². The summed E-state index contributed by atoms with van der Waals surface area (Å²) in [6.45, 7) is 16.1. The first-order valence-corrected chi connectivity index (χ1v) is 18.3. The fourth-order valence-corrected chi connectivity index (χ4v) is 8.67. The van der Waals surface area contributed by atoms with E-state index < -0.39 is 0 Å². The molecule has 3 aromatic heterocycles. The third kappa shape index (κ3) is 4.51. The van der Waals surface area contributed by atoms with E-state index in [-0.39, 0.29) is 0 Å².